The van der Waals surface area contributed by atoms with Crippen LogP contribution in [0.4, 0.5) is 11.4 Å². The third-order valence-electron chi connectivity index (χ3n) is 2.78. The molecule has 0 aliphatic carbocycles. The molecule has 0 saturated carbocycles. The van der Waals surface area contributed by atoms with Gasteiger partial charge in [-0.25, -0.2) is 4.98 Å². The normalized spacial score (nSPS) is 12.8. The van der Waals surface area contributed by atoms with E-state index in [4.69, 9.17) is 5.73 Å². The molecule has 0 aliphatic heterocycles. The minimum absolute atomic E-state index is 0.243. The van der Waals surface area contributed by atoms with E-state index in [2.05, 4.69) is 10.3 Å². The summed E-state index contributed by atoms with van der Waals surface area (Å²) in [6, 6.07) is 3.97. The van der Waals surface area contributed by atoms with E-state index in [-0.39, 0.29) is 6.10 Å². The van der Waals surface area contributed by atoms with Crippen molar-refractivity contribution in [2.24, 2.45) is 0 Å². The molecule has 0 fully saturated rings. The first-order valence-corrected chi connectivity index (χ1v) is 6.96. The van der Waals surface area contributed by atoms with Crippen molar-refractivity contribution in [2.75, 3.05) is 17.6 Å². The molecular formula is C13H19N3OS. The lowest BCUT2D eigenvalue weighted by Gasteiger charge is -2.10. The molecule has 5 heteroatoms. The van der Waals surface area contributed by atoms with Crippen molar-refractivity contribution in [3.05, 3.63) is 17.1 Å². The Morgan fingerprint density at radius 3 is 3.00 bits per heavy atom. The van der Waals surface area contributed by atoms with Crippen LogP contribution in [-0.2, 0) is 0 Å². The summed E-state index contributed by atoms with van der Waals surface area (Å²) in [5.74, 6) is 0. The van der Waals surface area contributed by atoms with Crippen LogP contribution in [-0.4, -0.2) is 22.7 Å². The van der Waals surface area contributed by atoms with Crippen LogP contribution >= 0.6 is 11.3 Å². The Kier molecular flexibility index (Phi) is 4.04. The Hall–Kier alpha value is -1.33. The maximum absolute atomic E-state index is 9.19. The quantitative estimate of drug-likeness (QED) is 0.574. The van der Waals surface area contributed by atoms with E-state index in [1.54, 1.807) is 18.3 Å². The van der Waals surface area contributed by atoms with Crippen LogP contribution in [0, 0.1) is 6.92 Å². The molecule has 2 aromatic rings. The van der Waals surface area contributed by atoms with E-state index in [0.29, 0.717) is 0 Å². The van der Waals surface area contributed by atoms with Crippen molar-refractivity contribution in [2.45, 2.75) is 32.8 Å². The van der Waals surface area contributed by atoms with Crippen molar-refractivity contribution in [3.8, 4) is 0 Å². The summed E-state index contributed by atoms with van der Waals surface area (Å²) in [5, 5.41) is 13.5. The fraction of sp³-hybridized carbons (Fsp3) is 0.462. The van der Waals surface area contributed by atoms with Gasteiger partial charge in [0.05, 0.1) is 32.7 Å². The summed E-state index contributed by atoms with van der Waals surface area (Å²) in [7, 11) is 0. The zero-order valence-electron chi connectivity index (χ0n) is 10.7. The number of aliphatic hydroxyl groups excluding tert-OH is 1. The van der Waals surface area contributed by atoms with Crippen LogP contribution in [0.1, 0.15) is 24.8 Å². The largest absolute Gasteiger partial charge is 0.397 e. The summed E-state index contributed by atoms with van der Waals surface area (Å²) in [6.45, 7) is 4.61. The number of nitrogen functional groups attached to an aromatic ring is 1. The first kappa shape index (κ1) is 13.1. The van der Waals surface area contributed by atoms with Crippen LogP contribution in [0.3, 0.4) is 0 Å². The first-order chi connectivity index (χ1) is 8.56. The number of nitrogens with two attached hydrogens (primary N) is 1. The number of hydrogen-bond donors (Lipinski definition) is 3. The topological polar surface area (TPSA) is 71.2 Å². The van der Waals surface area contributed by atoms with Crippen molar-refractivity contribution in [1.29, 1.82) is 0 Å². The third kappa shape index (κ3) is 3.11. The molecule has 98 valence electrons. The van der Waals surface area contributed by atoms with Gasteiger partial charge in [0.15, 0.2) is 0 Å². The summed E-state index contributed by atoms with van der Waals surface area (Å²) in [4.78, 5) is 4.45. The SMILES string of the molecule is Cc1nc2cc(NCCCC(C)O)c(N)cc2s1. The second-order valence-corrected chi connectivity index (χ2v) is 5.79. The van der Waals surface area contributed by atoms with Gasteiger partial charge in [-0.15, -0.1) is 11.3 Å². The van der Waals surface area contributed by atoms with Gasteiger partial charge >= 0.3 is 0 Å². The van der Waals surface area contributed by atoms with Crippen LogP contribution < -0.4 is 11.1 Å². The number of fused-ring (bicyclic) bond motifs is 1. The predicted octanol–water partition coefficient (Wildman–Crippen LogP) is 2.76. The van der Waals surface area contributed by atoms with Crippen LogP contribution in [0.5, 0.6) is 0 Å². The maximum Gasteiger partial charge on any atom is 0.0907 e. The Morgan fingerprint density at radius 1 is 1.50 bits per heavy atom. The van der Waals surface area contributed by atoms with Crippen molar-refractivity contribution < 1.29 is 5.11 Å². The minimum Gasteiger partial charge on any atom is -0.397 e. The van der Waals surface area contributed by atoms with Gasteiger partial charge in [0.25, 0.3) is 0 Å². The highest BCUT2D eigenvalue weighted by Gasteiger charge is 2.06. The van der Waals surface area contributed by atoms with Gasteiger partial charge in [-0.2, -0.15) is 0 Å². The highest BCUT2D eigenvalue weighted by molar-refractivity contribution is 7.18. The molecule has 0 spiro atoms. The van der Waals surface area contributed by atoms with Gasteiger partial charge in [-0.1, -0.05) is 0 Å². The van der Waals surface area contributed by atoms with Gasteiger partial charge in [0.2, 0.25) is 0 Å². The summed E-state index contributed by atoms with van der Waals surface area (Å²) < 4.78 is 1.12. The van der Waals surface area contributed by atoms with Gasteiger partial charge in [-0.05, 0) is 38.8 Å². The Labute approximate surface area is 111 Å². The lowest BCUT2D eigenvalue weighted by Crippen LogP contribution is -2.07. The maximum atomic E-state index is 9.19. The number of aliphatic hydroxyl groups is 1. The number of anilines is 2. The van der Waals surface area contributed by atoms with E-state index >= 15 is 0 Å². The van der Waals surface area contributed by atoms with E-state index in [0.717, 1.165) is 46.0 Å². The number of rotatable bonds is 5. The van der Waals surface area contributed by atoms with Crippen LogP contribution in [0.25, 0.3) is 10.2 Å². The monoisotopic (exact) mass is 265 g/mol. The smallest absolute Gasteiger partial charge is 0.0907 e. The average Bonchev–Trinajstić information content (AvgIpc) is 2.63. The highest BCUT2D eigenvalue weighted by Crippen LogP contribution is 2.29. The molecule has 2 rings (SSSR count). The summed E-state index contributed by atoms with van der Waals surface area (Å²) >= 11 is 1.66. The van der Waals surface area contributed by atoms with E-state index in [1.807, 2.05) is 19.1 Å². The van der Waals surface area contributed by atoms with Gasteiger partial charge in [0.1, 0.15) is 0 Å². The molecular weight excluding hydrogens is 246 g/mol. The fourth-order valence-electron chi connectivity index (χ4n) is 1.88. The van der Waals surface area contributed by atoms with Crippen LogP contribution in [0.15, 0.2) is 12.1 Å². The third-order valence-corrected chi connectivity index (χ3v) is 3.71. The molecule has 1 aromatic heterocycles. The standard InChI is InChI=1S/C13H19N3OS/c1-8(17)4-3-5-15-11-7-12-13(6-10(11)14)18-9(2)16-12/h6-8,15,17H,3-5,14H2,1-2H3. The average molecular weight is 265 g/mol. The lowest BCUT2D eigenvalue weighted by atomic mass is 10.2. The van der Waals surface area contributed by atoms with E-state index in [1.165, 1.54) is 0 Å². The number of nitrogens with zero attached hydrogens (tertiary/aromatic N) is 1. The Balaban J connectivity index is 2.05. The molecule has 0 bridgehead atoms. The molecule has 18 heavy (non-hydrogen) atoms. The zero-order valence-corrected chi connectivity index (χ0v) is 11.5. The second-order valence-electron chi connectivity index (χ2n) is 4.56. The van der Waals surface area contributed by atoms with Crippen molar-refractivity contribution in [1.82, 2.24) is 4.98 Å². The van der Waals surface area contributed by atoms with Crippen molar-refractivity contribution >= 4 is 32.9 Å². The van der Waals surface area contributed by atoms with Gasteiger partial charge in [0, 0.05) is 6.54 Å². The zero-order chi connectivity index (χ0) is 13.1. The highest BCUT2D eigenvalue weighted by atomic mass is 32.1. The first-order valence-electron chi connectivity index (χ1n) is 6.15. The molecule has 0 amide bonds. The van der Waals surface area contributed by atoms with E-state index in [9.17, 15) is 5.11 Å². The van der Waals surface area contributed by atoms with Gasteiger partial charge < -0.3 is 16.2 Å². The molecule has 0 aliphatic rings. The van der Waals surface area contributed by atoms with Gasteiger partial charge in [-0.3, -0.25) is 0 Å². The fourth-order valence-corrected chi connectivity index (χ4v) is 2.74. The second kappa shape index (κ2) is 5.54. The molecule has 1 atom stereocenters. The Morgan fingerprint density at radius 2 is 2.28 bits per heavy atom. The number of aromatic nitrogens is 1. The minimum atomic E-state index is -0.243. The molecule has 0 radical (unpaired) electrons. The molecule has 1 aromatic carbocycles. The predicted molar refractivity (Wildman–Crippen MR) is 78.2 cm³/mol. The number of nitrogens with one attached hydrogen (secondary N) is 1. The molecule has 4 N–H and O–H groups in total. The molecule has 0 saturated heterocycles. The summed E-state index contributed by atoms with van der Waals surface area (Å²) in [5.41, 5.74) is 8.68. The summed E-state index contributed by atoms with van der Waals surface area (Å²) in [6.07, 6.45) is 1.48. The molecule has 1 unspecified atom stereocenters. The lowest BCUT2D eigenvalue weighted by molar-refractivity contribution is 0.183. The van der Waals surface area contributed by atoms with Crippen molar-refractivity contribution in [3.63, 3.8) is 0 Å². The number of thiazole rings is 1. The number of benzene rings is 1. The van der Waals surface area contributed by atoms with E-state index < -0.39 is 0 Å². The molecule has 1 heterocycles. The Bertz CT molecular complexity index is 536. The number of hydrogen-bond acceptors (Lipinski definition) is 5. The van der Waals surface area contributed by atoms with Crippen LogP contribution in [0.2, 0.25) is 0 Å². The molecule has 4 nitrogen and oxygen atoms in total. The number of aryl methyl sites for hydroxylation is 1.